The molecule has 0 N–H and O–H groups in total. The van der Waals surface area contributed by atoms with Gasteiger partial charge in [0.1, 0.15) is 0 Å². The van der Waals surface area contributed by atoms with E-state index in [1.807, 2.05) is 0 Å². The molecule has 240 valence electrons. The van der Waals surface area contributed by atoms with Gasteiger partial charge in [0.15, 0.2) is 6.10 Å². The first-order valence-electron chi connectivity index (χ1n) is 7.79. The van der Waals surface area contributed by atoms with E-state index in [4.69, 9.17) is 0 Å². The zero-order valence-electron chi connectivity index (χ0n) is 16.2. The summed E-state index contributed by atoms with van der Waals surface area (Å²) >= 11 is 0. The van der Waals surface area contributed by atoms with Gasteiger partial charge in [-0.05, 0) is 0 Å². The van der Waals surface area contributed by atoms with Crippen LogP contribution in [-0.2, 0) is 9.47 Å². The fourth-order valence-corrected chi connectivity index (χ4v) is 1.48. The molecule has 2 unspecified atom stereocenters. The minimum absolute atomic E-state index is 0. The van der Waals surface area contributed by atoms with E-state index in [1.54, 1.807) is 4.74 Å². The van der Waals surface area contributed by atoms with Crippen LogP contribution in [-0.4, -0.2) is 67.4 Å². The fourth-order valence-electron chi connectivity index (χ4n) is 1.48. The van der Waals surface area contributed by atoms with Gasteiger partial charge in [0.2, 0.25) is 6.10 Å². The summed E-state index contributed by atoms with van der Waals surface area (Å²) < 4.78 is 288. The Kier molecular flexibility index (Phi) is 12.8. The molecule has 0 aromatic heterocycles. The van der Waals surface area contributed by atoms with Crippen molar-refractivity contribution < 1.29 is 115 Å². The number of ether oxygens (including phenoxy) is 2. The van der Waals surface area contributed by atoms with Crippen LogP contribution in [0.15, 0.2) is 0 Å². The normalized spacial score (nSPS) is 16.6. The number of alkyl halides is 24. The van der Waals surface area contributed by atoms with Crippen LogP contribution in [0.1, 0.15) is 13.8 Å². The van der Waals surface area contributed by atoms with Gasteiger partial charge < -0.3 is 0 Å². The van der Waals surface area contributed by atoms with Crippen molar-refractivity contribution in [3.05, 3.63) is 0 Å². The van der Waals surface area contributed by atoms with Crippen molar-refractivity contribution in [2.24, 2.45) is 0 Å². The van der Waals surface area contributed by atoms with E-state index in [-0.39, 0.29) is 7.43 Å². The molecule has 0 saturated heterocycles. The van der Waals surface area contributed by atoms with Crippen molar-refractivity contribution in [1.82, 2.24) is 0 Å². The Morgan fingerprint density at radius 3 is 1.03 bits per heavy atom. The molecule has 0 aliphatic carbocycles. The van der Waals surface area contributed by atoms with Crippen molar-refractivity contribution in [2.45, 2.75) is 81.3 Å². The molecule has 0 rings (SSSR count). The average Bonchev–Trinajstić information content (AvgIpc) is 2.53. The fraction of sp³-hybridized carbons (Fsp3) is 1.00. The van der Waals surface area contributed by atoms with Crippen LogP contribution in [0.25, 0.3) is 0 Å². The van der Waals surface area contributed by atoms with Gasteiger partial charge in [0, 0.05) is 0 Å². The van der Waals surface area contributed by atoms with Crippen LogP contribution < -0.4 is 0 Å². The summed E-state index contributed by atoms with van der Waals surface area (Å²) in [5, 5.41) is 0. The van der Waals surface area contributed by atoms with Crippen molar-refractivity contribution in [3.63, 3.8) is 0 Å². The number of hydrogen-bond acceptors (Lipinski definition) is 2. The van der Waals surface area contributed by atoms with Crippen molar-refractivity contribution in [1.29, 1.82) is 0 Å². The quantitative estimate of drug-likeness (QED) is 0.267. The standard InChI is InChI=1S/C7HF15O.C5H3F9O.CH4/c8-2(9,5(15,16)17)1(3(10,11)12)23-7(21,22)4(13,14)6(18,19)20;6-3(7,8)1-2(4(9,10)11)15-5(12,13)14;/h1H;2H,1H2;1H4. The zero-order valence-corrected chi connectivity index (χ0v) is 16.2. The molecular weight excluding hydrogens is 644 g/mol. The third kappa shape index (κ3) is 12.5. The zero-order chi connectivity index (χ0) is 31.8. The summed E-state index contributed by atoms with van der Waals surface area (Å²) in [6, 6.07) is 0. The van der Waals surface area contributed by atoms with Gasteiger partial charge in [-0.1, -0.05) is 7.43 Å². The van der Waals surface area contributed by atoms with E-state index >= 15 is 0 Å². The van der Waals surface area contributed by atoms with Gasteiger partial charge >= 0.3 is 55.2 Å². The highest BCUT2D eigenvalue weighted by atomic mass is 19.4. The molecule has 2 atom stereocenters. The molecule has 0 fully saturated rings. The molecule has 26 heteroatoms. The highest BCUT2D eigenvalue weighted by molar-refractivity contribution is 4.94. The van der Waals surface area contributed by atoms with E-state index in [2.05, 4.69) is 4.74 Å². The summed E-state index contributed by atoms with van der Waals surface area (Å²) in [7, 11) is 0. The average molecular weight is 652 g/mol. The Morgan fingerprint density at radius 1 is 0.462 bits per heavy atom. The SMILES string of the molecule is C.FC(F)(F)C(OC(F)(F)C(F)(F)C(F)(F)F)C(F)(F)C(F)(F)F.FC(F)(F)CC(OC(F)(F)F)C(F)(F)F. The molecule has 0 bridgehead atoms. The lowest BCUT2D eigenvalue weighted by Gasteiger charge is -2.35. The van der Waals surface area contributed by atoms with Gasteiger partial charge in [-0.3, -0.25) is 9.47 Å². The predicted molar refractivity (Wildman–Crippen MR) is 72.3 cm³/mol. The minimum atomic E-state index is -7.48. The second-order valence-electron chi connectivity index (χ2n) is 6.16. The minimum Gasteiger partial charge on any atom is -0.296 e. The number of hydrogen-bond donors (Lipinski definition) is 0. The van der Waals surface area contributed by atoms with Gasteiger partial charge in [-0.15, -0.1) is 13.2 Å². The lowest BCUT2D eigenvalue weighted by atomic mass is 10.1. The first kappa shape index (κ1) is 41.7. The van der Waals surface area contributed by atoms with Gasteiger partial charge in [-0.2, -0.15) is 92.2 Å². The molecule has 0 aromatic carbocycles. The van der Waals surface area contributed by atoms with Crippen LogP contribution >= 0.6 is 0 Å². The molecule has 0 aromatic rings. The van der Waals surface area contributed by atoms with Crippen molar-refractivity contribution in [3.8, 4) is 0 Å². The van der Waals surface area contributed by atoms with Gasteiger partial charge in [0.25, 0.3) is 0 Å². The van der Waals surface area contributed by atoms with Crippen LogP contribution in [0.3, 0.4) is 0 Å². The van der Waals surface area contributed by atoms with Crippen LogP contribution in [0.4, 0.5) is 105 Å². The third-order valence-electron chi connectivity index (χ3n) is 3.05. The maximum Gasteiger partial charge on any atom is 0.523 e. The summed E-state index contributed by atoms with van der Waals surface area (Å²) in [4.78, 5) is 0. The molecule has 2 nitrogen and oxygen atoms in total. The molecular formula is C13H8F24O2. The molecule has 0 radical (unpaired) electrons. The van der Waals surface area contributed by atoms with Crippen LogP contribution in [0.2, 0.25) is 0 Å². The van der Waals surface area contributed by atoms with Crippen LogP contribution in [0, 0.1) is 0 Å². The van der Waals surface area contributed by atoms with Crippen molar-refractivity contribution >= 4 is 0 Å². The monoisotopic (exact) mass is 652 g/mol. The van der Waals surface area contributed by atoms with E-state index in [1.165, 1.54) is 0 Å². The lowest BCUT2D eigenvalue weighted by molar-refractivity contribution is -0.470. The molecule has 0 heterocycles. The Hall–Kier alpha value is -1.76. The largest absolute Gasteiger partial charge is 0.523 e. The smallest absolute Gasteiger partial charge is 0.296 e. The highest BCUT2D eigenvalue weighted by Gasteiger charge is 2.79. The molecule has 0 spiro atoms. The highest BCUT2D eigenvalue weighted by Crippen LogP contribution is 2.52. The maximum absolute atomic E-state index is 12.5. The first-order chi connectivity index (χ1) is 15.9. The van der Waals surface area contributed by atoms with E-state index in [0.29, 0.717) is 0 Å². The number of halogens is 24. The topological polar surface area (TPSA) is 18.5 Å². The summed E-state index contributed by atoms with van der Waals surface area (Å²) in [5.41, 5.74) is 0. The summed E-state index contributed by atoms with van der Waals surface area (Å²) in [5.74, 6) is -14.7. The molecule has 0 saturated carbocycles. The maximum atomic E-state index is 12.5. The Morgan fingerprint density at radius 2 is 0.821 bits per heavy atom. The molecule has 0 aliphatic heterocycles. The molecule has 0 aliphatic rings. The Balaban J connectivity index is -0.000000705. The predicted octanol–water partition coefficient (Wildman–Crippen LogP) is 8.96. The molecule has 39 heavy (non-hydrogen) atoms. The van der Waals surface area contributed by atoms with Crippen molar-refractivity contribution in [2.75, 3.05) is 0 Å². The van der Waals surface area contributed by atoms with E-state index in [9.17, 15) is 105 Å². The summed E-state index contributed by atoms with van der Waals surface area (Å²) in [6.07, 6.45) is -58.6. The number of rotatable bonds is 6. The molecule has 0 amide bonds. The summed E-state index contributed by atoms with van der Waals surface area (Å²) in [6.45, 7) is 0. The van der Waals surface area contributed by atoms with Crippen LogP contribution in [0.5, 0.6) is 0 Å². The Labute approximate surface area is 197 Å². The third-order valence-corrected chi connectivity index (χ3v) is 3.05. The van der Waals surface area contributed by atoms with E-state index < -0.39 is 73.8 Å². The second kappa shape index (κ2) is 12.0. The van der Waals surface area contributed by atoms with Gasteiger partial charge in [0.05, 0.1) is 6.42 Å². The lowest BCUT2D eigenvalue weighted by Crippen LogP contribution is -2.62. The first-order valence-corrected chi connectivity index (χ1v) is 7.79. The second-order valence-corrected chi connectivity index (χ2v) is 6.16. The van der Waals surface area contributed by atoms with Gasteiger partial charge in [-0.25, -0.2) is 0 Å². The Bertz CT molecular complexity index is 714. The van der Waals surface area contributed by atoms with E-state index in [0.717, 1.165) is 0 Å².